The van der Waals surface area contributed by atoms with Crippen LogP contribution in [0.5, 0.6) is 0 Å². The summed E-state index contributed by atoms with van der Waals surface area (Å²) >= 11 is 0. The van der Waals surface area contributed by atoms with Crippen molar-refractivity contribution in [1.82, 2.24) is 20.0 Å². The molecule has 4 aromatic rings. The van der Waals surface area contributed by atoms with Gasteiger partial charge in [-0.2, -0.15) is 0 Å². The molecule has 8 nitrogen and oxygen atoms in total. The highest BCUT2D eigenvalue weighted by atomic mass is 19.2. The van der Waals surface area contributed by atoms with E-state index in [1.807, 2.05) is 60.7 Å². The van der Waals surface area contributed by atoms with Gasteiger partial charge in [-0.1, -0.05) is 72.8 Å². The van der Waals surface area contributed by atoms with Crippen molar-refractivity contribution in [3.8, 4) is 11.1 Å². The summed E-state index contributed by atoms with van der Waals surface area (Å²) in [6.45, 7) is 1.66. The number of nitrogens with one attached hydrogen (secondary N) is 1. The summed E-state index contributed by atoms with van der Waals surface area (Å²) in [7, 11) is 5.17. The third-order valence-corrected chi connectivity index (χ3v) is 9.95. The lowest BCUT2D eigenvalue weighted by molar-refractivity contribution is -0.142. The maximum Gasteiger partial charge on any atom is 0.254 e. The number of rotatable bonds is 14. The minimum absolute atomic E-state index is 0.0523. The van der Waals surface area contributed by atoms with E-state index in [1.165, 1.54) is 22.9 Å². The maximum atomic E-state index is 14.6. The first kappa shape index (κ1) is 37.3. The molecular weight excluding hydrogens is 648 g/mol. The number of carbonyl (C=O) groups excluding carboxylic acids is 3. The Morgan fingerprint density at radius 2 is 1.49 bits per heavy atom. The third-order valence-electron chi connectivity index (χ3n) is 9.95. The first-order chi connectivity index (χ1) is 24.5. The highest BCUT2D eigenvalue weighted by Crippen LogP contribution is 2.23. The topological polar surface area (TPSA) is 99.0 Å². The van der Waals surface area contributed by atoms with Crippen molar-refractivity contribution in [2.75, 3.05) is 34.2 Å². The zero-order valence-corrected chi connectivity index (χ0v) is 29.5. The molecule has 51 heavy (non-hydrogen) atoms. The van der Waals surface area contributed by atoms with Crippen LogP contribution < -0.4 is 11.1 Å². The molecule has 0 spiro atoms. The smallest absolute Gasteiger partial charge is 0.254 e. The van der Waals surface area contributed by atoms with Crippen LogP contribution in [0.4, 0.5) is 8.78 Å². The van der Waals surface area contributed by atoms with Gasteiger partial charge in [0.15, 0.2) is 11.6 Å². The van der Waals surface area contributed by atoms with Crippen molar-refractivity contribution in [2.45, 2.75) is 56.8 Å². The lowest BCUT2D eigenvalue weighted by Crippen LogP contribution is -2.56. The molecule has 0 radical (unpaired) electrons. The van der Waals surface area contributed by atoms with Gasteiger partial charge in [0.1, 0.15) is 12.1 Å². The van der Waals surface area contributed by atoms with Gasteiger partial charge >= 0.3 is 0 Å². The predicted molar refractivity (Wildman–Crippen MR) is 196 cm³/mol. The molecule has 1 saturated heterocycles. The molecule has 3 atom stereocenters. The molecule has 1 fully saturated rings. The van der Waals surface area contributed by atoms with E-state index in [-0.39, 0.29) is 25.3 Å². The molecule has 10 heteroatoms. The molecule has 0 aliphatic carbocycles. The molecule has 0 aromatic heterocycles. The molecule has 1 unspecified atom stereocenters. The fourth-order valence-electron chi connectivity index (χ4n) is 6.76. The van der Waals surface area contributed by atoms with Gasteiger partial charge in [0.25, 0.3) is 5.91 Å². The number of hydrogen-bond acceptors (Lipinski definition) is 5. The fraction of sp³-hybridized carbons (Fsp3) is 0.341. The van der Waals surface area contributed by atoms with Gasteiger partial charge < -0.3 is 25.8 Å². The third kappa shape index (κ3) is 9.45. The van der Waals surface area contributed by atoms with Crippen LogP contribution in [-0.2, 0) is 29.0 Å². The lowest BCUT2D eigenvalue weighted by Gasteiger charge is -2.35. The zero-order chi connectivity index (χ0) is 36.5. The van der Waals surface area contributed by atoms with Gasteiger partial charge in [0, 0.05) is 51.6 Å². The number of benzene rings is 4. The molecule has 5 rings (SSSR count). The molecule has 1 aliphatic rings. The van der Waals surface area contributed by atoms with Crippen LogP contribution in [0.15, 0.2) is 97.1 Å². The summed E-state index contributed by atoms with van der Waals surface area (Å²) in [6.07, 6.45) is 3.02. The highest BCUT2D eigenvalue weighted by Gasteiger charge is 2.36. The Kier molecular flexibility index (Phi) is 12.7. The minimum atomic E-state index is -1.06. The molecule has 4 aromatic carbocycles. The number of halogens is 2. The first-order valence-corrected chi connectivity index (χ1v) is 17.4. The minimum Gasteiger partial charge on any atom is -0.354 e. The Morgan fingerprint density at radius 1 is 0.804 bits per heavy atom. The predicted octanol–water partition coefficient (Wildman–Crippen LogP) is 5.44. The van der Waals surface area contributed by atoms with Gasteiger partial charge in [0.05, 0.1) is 0 Å². The summed E-state index contributed by atoms with van der Waals surface area (Å²) in [5.74, 6) is -3.29. The standard InChI is InChI=1S/C41H47F2N5O3/c1-46-22-8-13-34(46)20-21-45-39(49)37(26-29-16-19-35(42)36(43)24-29)47(2)41(51)38(48(3)40(50)33-12-7-9-30(23-33)27-44)25-28-14-17-32(18-15-28)31-10-5-4-6-11-31/h4-7,9-12,14-19,23-24,34,37-38H,8,13,20-22,25-27,44H2,1-3H3,(H,45,49)/t34?,37-,38-/m1/s1. The zero-order valence-electron chi connectivity index (χ0n) is 29.5. The van der Waals surface area contributed by atoms with Crippen molar-refractivity contribution < 1.29 is 23.2 Å². The number of likely N-dealkylation sites (N-methyl/N-ethyl adjacent to an activating group) is 2. The van der Waals surface area contributed by atoms with Crippen LogP contribution in [0, 0.1) is 11.6 Å². The van der Waals surface area contributed by atoms with Crippen LogP contribution in [0.2, 0.25) is 0 Å². The summed E-state index contributed by atoms with van der Waals surface area (Å²) < 4.78 is 28.2. The van der Waals surface area contributed by atoms with Crippen LogP contribution >= 0.6 is 0 Å². The van der Waals surface area contributed by atoms with E-state index in [4.69, 9.17) is 5.73 Å². The Balaban J connectivity index is 1.43. The van der Waals surface area contributed by atoms with E-state index in [1.54, 1.807) is 25.2 Å². The van der Waals surface area contributed by atoms with Gasteiger partial charge in [-0.05, 0) is 84.9 Å². The van der Waals surface area contributed by atoms with Crippen LogP contribution in [0.3, 0.4) is 0 Å². The molecule has 1 aliphatic heterocycles. The van der Waals surface area contributed by atoms with E-state index in [9.17, 15) is 23.2 Å². The number of amides is 3. The highest BCUT2D eigenvalue weighted by molar-refractivity contribution is 5.98. The normalized spacial score (nSPS) is 15.6. The lowest BCUT2D eigenvalue weighted by atomic mass is 9.97. The molecule has 268 valence electrons. The number of carbonyl (C=O) groups is 3. The number of nitrogens with two attached hydrogens (primary N) is 1. The Bertz CT molecular complexity index is 1800. The number of hydrogen-bond donors (Lipinski definition) is 2. The average Bonchev–Trinajstić information content (AvgIpc) is 3.57. The van der Waals surface area contributed by atoms with Crippen molar-refractivity contribution in [1.29, 1.82) is 0 Å². The molecule has 3 amide bonds. The second-order valence-electron chi connectivity index (χ2n) is 13.4. The van der Waals surface area contributed by atoms with Gasteiger partial charge in [-0.25, -0.2) is 8.78 Å². The Labute approximate surface area is 299 Å². The van der Waals surface area contributed by atoms with E-state index < -0.39 is 35.5 Å². The Hall–Kier alpha value is -4.93. The second kappa shape index (κ2) is 17.3. The average molecular weight is 696 g/mol. The first-order valence-electron chi connectivity index (χ1n) is 17.4. The SMILES string of the molecule is CN1CCCC1CCNC(=O)[C@@H](Cc1ccc(F)c(F)c1)N(C)C(=O)[C@@H](Cc1ccc(-c2ccccc2)cc1)N(C)C(=O)c1cccc(CN)c1. The van der Waals surface area contributed by atoms with Crippen molar-refractivity contribution in [3.05, 3.63) is 131 Å². The molecule has 1 heterocycles. The summed E-state index contributed by atoms with van der Waals surface area (Å²) in [5.41, 5.74) is 10.2. The van der Waals surface area contributed by atoms with Crippen molar-refractivity contribution in [2.24, 2.45) is 5.73 Å². The number of likely N-dealkylation sites (tertiary alicyclic amines) is 1. The van der Waals surface area contributed by atoms with Gasteiger partial charge in [-0.15, -0.1) is 0 Å². The van der Waals surface area contributed by atoms with Crippen LogP contribution in [0.25, 0.3) is 11.1 Å². The summed E-state index contributed by atoms with van der Waals surface area (Å²) in [4.78, 5) is 47.4. The Morgan fingerprint density at radius 3 is 2.16 bits per heavy atom. The molecule has 0 bridgehead atoms. The molecule has 0 saturated carbocycles. The molecule has 3 N–H and O–H groups in total. The largest absolute Gasteiger partial charge is 0.354 e. The monoisotopic (exact) mass is 695 g/mol. The molecular formula is C41H47F2N5O3. The summed E-state index contributed by atoms with van der Waals surface area (Å²) in [5, 5.41) is 2.99. The quantitative estimate of drug-likeness (QED) is 0.183. The van der Waals surface area contributed by atoms with E-state index in [2.05, 4.69) is 17.3 Å². The maximum absolute atomic E-state index is 14.6. The second-order valence-corrected chi connectivity index (χ2v) is 13.4. The number of nitrogens with zero attached hydrogens (tertiary/aromatic N) is 3. The van der Waals surface area contributed by atoms with E-state index in [0.29, 0.717) is 23.7 Å². The van der Waals surface area contributed by atoms with Gasteiger partial charge in [0.2, 0.25) is 11.8 Å². The van der Waals surface area contributed by atoms with Crippen LogP contribution in [0.1, 0.15) is 46.3 Å². The van der Waals surface area contributed by atoms with Gasteiger partial charge in [-0.3, -0.25) is 14.4 Å². The van der Waals surface area contributed by atoms with Crippen molar-refractivity contribution >= 4 is 17.7 Å². The summed E-state index contributed by atoms with van der Waals surface area (Å²) in [6, 6.07) is 26.5. The van der Waals surface area contributed by atoms with Crippen molar-refractivity contribution in [3.63, 3.8) is 0 Å². The fourth-order valence-corrected chi connectivity index (χ4v) is 6.76. The van der Waals surface area contributed by atoms with Crippen LogP contribution in [-0.4, -0.2) is 84.8 Å². The van der Waals surface area contributed by atoms with E-state index >= 15 is 0 Å². The van der Waals surface area contributed by atoms with E-state index in [0.717, 1.165) is 60.2 Å².